The first-order valence-corrected chi connectivity index (χ1v) is 11.5. The van der Waals surface area contributed by atoms with Crippen LogP contribution in [0.25, 0.3) is 5.70 Å². The highest BCUT2D eigenvalue weighted by molar-refractivity contribution is 7.10. The van der Waals surface area contributed by atoms with Crippen molar-refractivity contribution in [1.82, 2.24) is 14.8 Å². The van der Waals surface area contributed by atoms with Crippen LogP contribution >= 0.6 is 22.9 Å². The number of fused-ring (bicyclic) bond motifs is 3. The summed E-state index contributed by atoms with van der Waals surface area (Å²) in [6, 6.07) is 16.8. The second kappa shape index (κ2) is 7.75. The number of nitrogens with one attached hydrogen (secondary N) is 1. The van der Waals surface area contributed by atoms with E-state index in [4.69, 9.17) is 21.1 Å². The molecule has 0 saturated carbocycles. The van der Waals surface area contributed by atoms with E-state index < -0.39 is 6.10 Å². The van der Waals surface area contributed by atoms with Gasteiger partial charge in [0.15, 0.2) is 0 Å². The summed E-state index contributed by atoms with van der Waals surface area (Å²) in [6.07, 6.45) is 1.12. The molecule has 0 fully saturated rings. The molecule has 7 nitrogen and oxygen atoms in total. The zero-order chi connectivity index (χ0) is 22.5. The number of esters is 1. The van der Waals surface area contributed by atoms with Crippen LogP contribution in [0.1, 0.15) is 38.5 Å². The molecule has 1 N–H and O–H groups in total. The highest BCUT2D eigenvalue weighted by atomic mass is 35.5. The zero-order valence-corrected chi connectivity index (χ0v) is 18.9. The molecule has 164 valence electrons. The van der Waals surface area contributed by atoms with Gasteiger partial charge in [-0.1, -0.05) is 29.8 Å². The number of ether oxygens (including phenoxy) is 2. The molecule has 9 heteroatoms. The van der Waals surface area contributed by atoms with Gasteiger partial charge in [-0.05, 0) is 47.3 Å². The van der Waals surface area contributed by atoms with E-state index in [9.17, 15) is 4.79 Å². The van der Waals surface area contributed by atoms with Gasteiger partial charge in [0.25, 0.3) is 0 Å². The van der Waals surface area contributed by atoms with Crippen LogP contribution in [0, 0.1) is 0 Å². The van der Waals surface area contributed by atoms with Crippen molar-refractivity contribution in [3.63, 3.8) is 0 Å². The van der Waals surface area contributed by atoms with Crippen molar-refractivity contribution in [2.45, 2.75) is 12.1 Å². The molecule has 33 heavy (non-hydrogen) atoms. The van der Waals surface area contributed by atoms with Crippen LogP contribution in [0.15, 0.2) is 71.9 Å². The Bertz CT molecular complexity index is 1400. The minimum atomic E-state index is -0.419. The van der Waals surface area contributed by atoms with Gasteiger partial charge in [-0.25, -0.2) is 9.48 Å². The number of carbonyl (C=O) groups is 1. The summed E-state index contributed by atoms with van der Waals surface area (Å²) < 4.78 is 13.3. The Kier molecular flexibility index (Phi) is 4.70. The van der Waals surface area contributed by atoms with Gasteiger partial charge in [-0.15, -0.1) is 11.3 Å². The quantitative estimate of drug-likeness (QED) is 0.402. The lowest BCUT2D eigenvalue weighted by atomic mass is 9.86. The van der Waals surface area contributed by atoms with Gasteiger partial charge in [-0.3, -0.25) is 0 Å². The summed E-state index contributed by atoms with van der Waals surface area (Å²) in [4.78, 5) is 17.5. The Hall–Kier alpha value is -3.62. The van der Waals surface area contributed by atoms with Crippen molar-refractivity contribution in [3.8, 4) is 5.75 Å². The molecule has 0 amide bonds. The molecular weight excluding hydrogens is 460 g/mol. The second-order valence-electron chi connectivity index (χ2n) is 7.65. The molecule has 0 radical (unpaired) electrons. The zero-order valence-electron chi connectivity index (χ0n) is 17.4. The van der Waals surface area contributed by atoms with Crippen LogP contribution in [0.4, 0.5) is 5.95 Å². The molecule has 2 aliphatic heterocycles. The number of methoxy groups -OCH3 is 1. The van der Waals surface area contributed by atoms with E-state index in [2.05, 4.69) is 21.5 Å². The Labute approximate surface area is 198 Å². The van der Waals surface area contributed by atoms with E-state index in [0.717, 1.165) is 27.3 Å². The van der Waals surface area contributed by atoms with Crippen LogP contribution in [0.2, 0.25) is 5.02 Å². The normalized spacial score (nSPS) is 18.5. The van der Waals surface area contributed by atoms with Gasteiger partial charge in [0.1, 0.15) is 24.2 Å². The summed E-state index contributed by atoms with van der Waals surface area (Å²) in [7, 11) is 1.37. The first-order valence-electron chi connectivity index (χ1n) is 10.2. The first kappa shape index (κ1) is 20.0. The number of carbonyl (C=O) groups excluding carboxylic acids is 1. The number of anilines is 1. The van der Waals surface area contributed by atoms with Crippen LogP contribution in [0.5, 0.6) is 5.75 Å². The lowest BCUT2D eigenvalue weighted by Crippen LogP contribution is -2.32. The molecule has 0 bridgehead atoms. The highest BCUT2D eigenvalue weighted by Crippen LogP contribution is 2.51. The summed E-state index contributed by atoms with van der Waals surface area (Å²) in [5.41, 5.74) is 4.16. The number of nitrogens with zero attached hydrogens (tertiary/aromatic N) is 3. The maximum absolute atomic E-state index is 11.9. The fourth-order valence-corrected chi connectivity index (χ4v) is 5.35. The van der Waals surface area contributed by atoms with Crippen LogP contribution in [0.3, 0.4) is 0 Å². The topological polar surface area (TPSA) is 78.3 Å². The second-order valence-corrected chi connectivity index (χ2v) is 9.07. The third-order valence-electron chi connectivity index (χ3n) is 5.82. The monoisotopic (exact) mass is 476 g/mol. The van der Waals surface area contributed by atoms with Crippen LogP contribution < -0.4 is 10.1 Å². The average Bonchev–Trinajstić information content (AvgIpc) is 3.54. The van der Waals surface area contributed by atoms with Gasteiger partial charge < -0.3 is 14.8 Å². The predicted molar refractivity (Wildman–Crippen MR) is 126 cm³/mol. The standard InChI is InChI=1S/C24H17ClN4O3S/c1-31-23(30)14-6-4-13(5-7-14)22-19-20(16-11-15(25)8-9-17(16)32-22)28-24-26-12-27-29(24)21(19)18-3-2-10-33-18/h2-12,21-22H,1H3,(H,26,27,28)/t21-,22+/m0/s1. The smallest absolute Gasteiger partial charge is 0.337 e. The number of rotatable bonds is 3. The number of hydrogen-bond donors (Lipinski definition) is 1. The minimum absolute atomic E-state index is 0.212. The fourth-order valence-electron chi connectivity index (χ4n) is 4.35. The molecule has 2 aromatic carbocycles. The Balaban J connectivity index is 1.57. The molecule has 2 aromatic heterocycles. The highest BCUT2D eigenvalue weighted by Gasteiger charge is 2.41. The van der Waals surface area contributed by atoms with Gasteiger partial charge in [-0.2, -0.15) is 10.1 Å². The van der Waals surface area contributed by atoms with Crippen LogP contribution in [-0.2, 0) is 4.74 Å². The summed E-state index contributed by atoms with van der Waals surface area (Å²) >= 11 is 8.01. The van der Waals surface area contributed by atoms with E-state index in [-0.39, 0.29) is 12.0 Å². The Morgan fingerprint density at radius 1 is 1.21 bits per heavy atom. The minimum Gasteiger partial charge on any atom is -0.480 e. The van der Waals surface area contributed by atoms with Crippen molar-refractivity contribution in [3.05, 3.63) is 98.5 Å². The van der Waals surface area contributed by atoms with Crippen molar-refractivity contribution >= 4 is 40.6 Å². The maximum Gasteiger partial charge on any atom is 0.337 e. The fraction of sp³-hybridized carbons (Fsp3) is 0.125. The maximum atomic E-state index is 11.9. The van der Waals surface area contributed by atoms with Gasteiger partial charge in [0.05, 0.1) is 18.4 Å². The number of thiophene rings is 1. The van der Waals surface area contributed by atoms with E-state index >= 15 is 0 Å². The molecule has 6 rings (SSSR count). The van der Waals surface area contributed by atoms with E-state index in [1.54, 1.807) is 29.8 Å². The molecule has 4 aromatic rings. The summed E-state index contributed by atoms with van der Waals surface area (Å²) in [5.74, 6) is 0.986. The third-order valence-corrected chi connectivity index (χ3v) is 6.98. The molecule has 0 saturated heterocycles. The van der Waals surface area contributed by atoms with Crippen molar-refractivity contribution in [1.29, 1.82) is 0 Å². The third kappa shape index (κ3) is 3.21. The number of benzene rings is 2. The number of halogens is 1. The molecule has 2 aliphatic rings. The molecular formula is C24H17ClN4O3S. The lowest BCUT2D eigenvalue weighted by Gasteiger charge is -2.38. The van der Waals surface area contributed by atoms with Crippen molar-refractivity contribution in [2.24, 2.45) is 0 Å². The molecule has 0 aliphatic carbocycles. The Morgan fingerprint density at radius 2 is 2.06 bits per heavy atom. The summed E-state index contributed by atoms with van der Waals surface area (Å²) in [5, 5.41) is 10.6. The van der Waals surface area contributed by atoms with Crippen molar-refractivity contribution in [2.75, 3.05) is 12.4 Å². The van der Waals surface area contributed by atoms with Crippen molar-refractivity contribution < 1.29 is 14.3 Å². The van der Waals surface area contributed by atoms with Crippen LogP contribution in [-0.4, -0.2) is 27.8 Å². The molecule has 2 atom stereocenters. The lowest BCUT2D eigenvalue weighted by molar-refractivity contribution is 0.0600. The molecule has 0 spiro atoms. The molecule has 4 heterocycles. The van der Waals surface area contributed by atoms with Gasteiger partial charge >= 0.3 is 5.97 Å². The predicted octanol–water partition coefficient (Wildman–Crippen LogP) is 5.34. The van der Waals surface area contributed by atoms with E-state index in [0.29, 0.717) is 22.3 Å². The number of aromatic nitrogens is 3. The number of hydrogen-bond acceptors (Lipinski definition) is 7. The van der Waals surface area contributed by atoms with Gasteiger partial charge in [0, 0.05) is 21.0 Å². The Morgan fingerprint density at radius 3 is 2.82 bits per heavy atom. The average molecular weight is 477 g/mol. The SMILES string of the molecule is COC(=O)c1ccc([C@H]2Oc3ccc(Cl)cc3C3=C2[C@H](c2cccs2)n2ncnc2N3)cc1. The molecule has 0 unspecified atom stereocenters. The van der Waals surface area contributed by atoms with E-state index in [1.165, 1.54) is 7.11 Å². The van der Waals surface area contributed by atoms with Gasteiger partial charge in [0.2, 0.25) is 5.95 Å². The van der Waals surface area contributed by atoms with E-state index in [1.807, 2.05) is 46.5 Å². The first-order chi connectivity index (χ1) is 16.1. The summed E-state index contributed by atoms with van der Waals surface area (Å²) in [6.45, 7) is 0. The largest absolute Gasteiger partial charge is 0.480 e.